The summed E-state index contributed by atoms with van der Waals surface area (Å²) in [5.41, 5.74) is 0.678. The second kappa shape index (κ2) is 7.84. The Morgan fingerprint density at radius 2 is 2.13 bits per heavy atom. The molecule has 3 fully saturated rings. The van der Waals surface area contributed by atoms with Gasteiger partial charge in [0.15, 0.2) is 0 Å². The van der Waals surface area contributed by atoms with Crippen LogP contribution in [0, 0.1) is 11.8 Å². The number of methoxy groups -OCH3 is 1. The van der Waals surface area contributed by atoms with E-state index in [9.17, 15) is 14.7 Å². The molecule has 2 heterocycles. The second-order valence-corrected chi connectivity index (χ2v) is 9.89. The van der Waals surface area contributed by atoms with Crippen LogP contribution in [-0.4, -0.2) is 39.4 Å². The monoisotopic (exact) mass is 455 g/mol. The number of carbonyl (C=O) groups is 2. The molecule has 1 aromatic carbocycles. The molecular formula is C23H21NO5S2. The molecule has 1 amide bonds. The highest BCUT2D eigenvalue weighted by Crippen LogP contribution is 2.49. The number of carbonyl (C=O) groups excluding carboxylic acids is 1. The Bertz CT molecular complexity index is 1120. The SMILES string of the molecule is COc1ccc(-c2ccc(/C=C3\SC(=S)N(C4CC5CCC4C5)C3=O)o2)cc1C(=O)O. The van der Waals surface area contributed by atoms with Gasteiger partial charge in [-0.2, -0.15) is 0 Å². The summed E-state index contributed by atoms with van der Waals surface area (Å²) in [6, 6.07) is 8.61. The van der Waals surface area contributed by atoms with Crippen molar-refractivity contribution in [2.45, 2.75) is 31.7 Å². The Morgan fingerprint density at radius 1 is 1.29 bits per heavy atom. The van der Waals surface area contributed by atoms with Crippen molar-refractivity contribution in [2.24, 2.45) is 11.8 Å². The number of benzene rings is 1. The minimum absolute atomic E-state index is 0.0388. The maximum Gasteiger partial charge on any atom is 0.339 e. The standard InChI is InChI=1S/C23H21NO5S2/c1-28-19-6-4-14(10-16(19)22(26)27)18-7-5-15(29-18)11-20-21(25)24(23(30)31-20)17-9-12-2-3-13(17)8-12/h4-7,10-13,17H,2-3,8-9H2,1H3,(H,26,27)/b20-11-. The normalized spacial score (nSPS) is 26.3. The molecule has 2 bridgehead atoms. The Morgan fingerprint density at radius 3 is 2.81 bits per heavy atom. The van der Waals surface area contributed by atoms with Crippen molar-refractivity contribution in [2.75, 3.05) is 7.11 Å². The number of fused-ring (bicyclic) bond motifs is 2. The van der Waals surface area contributed by atoms with E-state index < -0.39 is 5.97 Å². The van der Waals surface area contributed by atoms with Gasteiger partial charge < -0.3 is 14.3 Å². The van der Waals surface area contributed by atoms with E-state index >= 15 is 0 Å². The van der Waals surface area contributed by atoms with E-state index in [1.54, 1.807) is 30.3 Å². The van der Waals surface area contributed by atoms with E-state index in [2.05, 4.69) is 0 Å². The van der Waals surface area contributed by atoms with Crippen LogP contribution < -0.4 is 4.74 Å². The minimum Gasteiger partial charge on any atom is -0.496 e. The first-order valence-electron chi connectivity index (χ1n) is 10.2. The topological polar surface area (TPSA) is 80.0 Å². The van der Waals surface area contributed by atoms with Crippen molar-refractivity contribution < 1.29 is 23.8 Å². The van der Waals surface area contributed by atoms with Crippen LogP contribution in [0.4, 0.5) is 0 Å². The highest BCUT2D eigenvalue weighted by Gasteiger charge is 2.48. The number of thiocarbonyl (C=S) groups is 1. The third kappa shape index (κ3) is 3.57. The lowest BCUT2D eigenvalue weighted by atomic mass is 9.94. The molecule has 0 spiro atoms. The zero-order chi connectivity index (χ0) is 21.7. The van der Waals surface area contributed by atoms with Gasteiger partial charge in [-0.3, -0.25) is 9.69 Å². The van der Waals surface area contributed by atoms with Gasteiger partial charge >= 0.3 is 5.97 Å². The summed E-state index contributed by atoms with van der Waals surface area (Å²) in [5, 5.41) is 9.39. The zero-order valence-electron chi connectivity index (χ0n) is 16.9. The number of carboxylic acids is 1. The van der Waals surface area contributed by atoms with Gasteiger partial charge in [-0.1, -0.05) is 30.4 Å². The molecule has 1 aromatic heterocycles. The molecule has 6 nitrogen and oxygen atoms in total. The first-order valence-corrected chi connectivity index (χ1v) is 11.5. The molecule has 1 aliphatic heterocycles. The number of rotatable bonds is 5. The van der Waals surface area contributed by atoms with Crippen LogP contribution in [0.2, 0.25) is 0 Å². The maximum atomic E-state index is 13.1. The van der Waals surface area contributed by atoms with Crippen molar-refractivity contribution in [1.82, 2.24) is 4.90 Å². The van der Waals surface area contributed by atoms with E-state index in [0.29, 0.717) is 32.2 Å². The Kier molecular flexibility index (Phi) is 5.14. The van der Waals surface area contributed by atoms with Crippen LogP contribution in [0.15, 0.2) is 39.7 Å². The summed E-state index contributed by atoms with van der Waals surface area (Å²) in [7, 11) is 1.43. The molecule has 0 radical (unpaired) electrons. The quantitative estimate of drug-likeness (QED) is 0.499. The van der Waals surface area contributed by atoms with Crippen LogP contribution in [0.1, 0.15) is 41.8 Å². The van der Waals surface area contributed by atoms with Crippen molar-refractivity contribution in [3.63, 3.8) is 0 Å². The molecule has 160 valence electrons. The number of carboxylic acid groups (broad SMARTS) is 1. The number of thioether (sulfide) groups is 1. The number of furan rings is 1. The van der Waals surface area contributed by atoms with Crippen molar-refractivity contribution in [1.29, 1.82) is 0 Å². The Labute approximate surface area is 189 Å². The minimum atomic E-state index is -1.07. The van der Waals surface area contributed by atoms with Crippen LogP contribution >= 0.6 is 24.0 Å². The van der Waals surface area contributed by atoms with Crippen molar-refractivity contribution in [3.05, 3.63) is 46.6 Å². The number of nitrogens with zero attached hydrogens (tertiary/aromatic N) is 1. The van der Waals surface area contributed by atoms with Crippen LogP contribution in [-0.2, 0) is 4.79 Å². The first-order chi connectivity index (χ1) is 14.9. The summed E-state index contributed by atoms with van der Waals surface area (Å²) >= 11 is 6.86. The van der Waals surface area contributed by atoms with Gasteiger partial charge in [-0.05, 0) is 61.4 Å². The average molecular weight is 456 g/mol. The fraction of sp³-hybridized carbons (Fsp3) is 0.348. The third-order valence-corrected chi connectivity index (χ3v) is 7.80. The smallest absolute Gasteiger partial charge is 0.339 e. The molecule has 3 unspecified atom stereocenters. The van der Waals surface area contributed by atoms with Gasteiger partial charge in [0.1, 0.15) is 27.2 Å². The second-order valence-electron chi connectivity index (χ2n) is 8.22. The summed E-state index contributed by atoms with van der Waals surface area (Å²) < 4.78 is 11.6. The maximum absolute atomic E-state index is 13.1. The molecule has 8 heteroatoms. The summed E-state index contributed by atoms with van der Waals surface area (Å²) in [6.45, 7) is 0. The van der Waals surface area contributed by atoms with E-state index in [4.69, 9.17) is 21.4 Å². The summed E-state index contributed by atoms with van der Waals surface area (Å²) in [6.07, 6.45) is 6.45. The lowest BCUT2D eigenvalue weighted by Gasteiger charge is -2.30. The van der Waals surface area contributed by atoms with Crippen molar-refractivity contribution in [3.8, 4) is 17.1 Å². The predicted octanol–water partition coefficient (Wildman–Crippen LogP) is 5.04. The lowest BCUT2D eigenvalue weighted by molar-refractivity contribution is -0.124. The lowest BCUT2D eigenvalue weighted by Crippen LogP contribution is -2.41. The number of aromatic carboxylic acids is 1. The molecule has 3 atom stereocenters. The average Bonchev–Trinajstić information content (AvgIpc) is 3.53. The molecule has 1 saturated heterocycles. The van der Waals surface area contributed by atoms with Crippen LogP contribution in [0.5, 0.6) is 5.75 Å². The number of hydrogen-bond donors (Lipinski definition) is 1. The predicted molar refractivity (Wildman–Crippen MR) is 122 cm³/mol. The molecule has 5 rings (SSSR count). The first kappa shape index (κ1) is 20.3. The Hall–Kier alpha value is -2.58. The number of hydrogen-bond acceptors (Lipinski definition) is 6. The zero-order valence-corrected chi connectivity index (χ0v) is 18.5. The molecule has 31 heavy (non-hydrogen) atoms. The highest BCUT2D eigenvalue weighted by molar-refractivity contribution is 8.26. The fourth-order valence-corrected chi connectivity index (χ4v) is 6.39. The van der Waals surface area contributed by atoms with E-state index in [1.807, 2.05) is 4.90 Å². The highest BCUT2D eigenvalue weighted by atomic mass is 32.2. The van der Waals surface area contributed by atoms with Crippen LogP contribution in [0.25, 0.3) is 17.4 Å². The molecule has 1 N–H and O–H groups in total. The molecule has 3 aliphatic rings. The van der Waals surface area contributed by atoms with Gasteiger partial charge in [-0.15, -0.1) is 0 Å². The molecule has 2 aromatic rings. The van der Waals surface area contributed by atoms with Gasteiger partial charge in [0.2, 0.25) is 0 Å². The number of amides is 1. The van der Waals surface area contributed by atoms with E-state index in [1.165, 1.54) is 44.2 Å². The fourth-order valence-electron chi connectivity index (χ4n) is 5.04. The molecule has 2 saturated carbocycles. The van der Waals surface area contributed by atoms with Crippen LogP contribution in [0.3, 0.4) is 0 Å². The number of ether oxygens (including phenoxy) is 1. The molecular weight excluding hydrogens is 434 g/mol. The van der Waals surface area contributed by atoms with E-state index in [-0.39, 0.29) is 23.3 Å². The Balaban J connectivity index is 1.38. The van der Waals surface area contributed by atoms with Gasteiger partial charge in [0.25, 0.3) is 5.91 Å². The van der Waals surface area contributed by atoms with Gasteiger partial charge in [0.05, 0.1) is 12.0 Å². The molecule has 2 aliphatic carbocycles. The summed E-state index contributed by atoms with van der Waals surface area (Å²) in [4.78, 5) is 26.9. The largest absolute Gasteiger partial charge is 0.496 e. The van der Waals surface area contributed by atoms with Gasteiger partial charge in [-0.25, -0.2) is 4.79 Å². The third-order valence-electron chi connectivity index (χ3n) is 6.47. The van der Waals surface area contributed by atoms with E-state index in [0.717, 1.165) is 12.3 Å². The van der Waals surface area contributed by atoms with Gasteiger partial charge in [0, 0.05) is 17.7 Å². The summed E-state index contributed by atoms with van der Waals surface area (Å²) in [5.74, 6) is 1.51. The van der Waals surface area contributed by atoms with Crippen molar-refractivity contribution >= 4 is 46.3 Å².